The number of nitrogen functional groups attached to an aromatic ring is 1. The van der Waals surface area contributed by atoms with Crippen LogP contribution in [-0.2, 0) is 53.5 Å². The van der Waals surface area contributed by atoms with E-state index in [1.54, 1.807) is 59.4 Å². The molecule has 0 aliphatic rings. The van der Waals surface area contributed by atoms with Gasteiger partial charge in [-0.3, -0.25) is 23.2 Å². The number of rotatable bonds is 14. The molecule has 2 aromatic rings. The third-order valence-electron chi connectivity index (χ3n) is 5.31. The highest BCUT2D eigenvalue weighted by atomic mass is 31.2. The van der Waals surface area contributed by atoms with Crippen LogP contribution < -0.4 is 5.73 Å². The van der Waals surface area contributed by atoms with Crippen LogP contribution in [-0.4, -0.2) is 102 Å². The predicted molar refractivity (Wildman–Crippen MR) is 153 cm³/mol. The fraction of sp³-hybridized carbons (Fsp3) is 0.640. The van der Waals surface area contributed by atoms with Gasteiger partial charge >= 0.3 is 31.5 Å². The smallest absolute Gasteiger partial charge is 0.361 e. The summed E-state index contributed by atoms with van der Waals surface area (Å²) in [6, 6.07) is 0. The minimum absolute atomic E-state index is 0.253. The number of carbonyl (C=O) groups is 4. The first kappa shape index (κ1) is 39.3. The number of carboxylic acid groups (broad SMARTS) is 2. The Morgan fingerprint density at radius 3 is 1.78 bits per heavy atom. The van der Waals surface area contributed by atoms with E-state index < -0.39 is 80.5 Å². The molecule has 0 saturated carbocycles. The Labute approximate surface area is 258 Å². The summed E-state index contributed by atoms with van der Waals surface area (Å²) in [4.78, 5) is 55.8. The molecule has 0 aromatic carbocycles. The van der Waals surface area contributed by atoms with Crippen LogP contribution in [0.2, 0.25) is 0 Å². The molecule has 2 heterocycles. The highest BCUT2D eigenvalue weighted by molar-refractivity contribution is 7.53. The third kappa shape index (κ3) is 13.0. The number of aliphatic carboxylic acids is 2. The van der Waals surface area contributed by atoms with Gasteiger partial charge in [-0.25, -0.2) is 24.5 Å². The summed E-state index contributed by atoms with van der Waals surface area (Å²) in [5.41, 5.74) is 5.23. The van der Waals surface area contributed by atoms with E-state index in [2.05, 4.69) is 15.0 Å². The van der Waals surface area contributed by atoms with E-state index in [0.717, 1.165) is 0 Å². The van der Waals surface area contributed by atoms with Crippen LogP contribution in [0.4, 0.5) is 5.82 Å². The number of aliphatic hydroxyl groups excluding tert-OH is 2. The van der Waals surface area contributed by atoms with Gasteiger partial charge in [0.05, 0.1) is 29.8 Å². The molecule has 0 fully saturated rings. The van der Waals surface area contributed by atoms with Crippen LogP contribution in [0.1, 0.15) is 48.5 Å². The number of hydrogen-bond acceptors (Lipinski definition) is 16. The zero-order valence-electron chi connectivity index (χ0n) is 25.9. The highest BCUT2D eigenvalue weighted by Crippen LogP contribution is 2.48. The molecular weight excluding hydrogens is 625 g/mol. The van der Waals surface area contributed by atoms with E-state index >= 15 is 0 Å². The lowest BCUT2D eigenvalue weighted by molar-refractivity contribution is -0.165. The second-order valence-electron chi connectivity index (χ2n) is 11.5. The van der Waals surface area contributed by atoms with Crippen molar-refractivity contribution in [3.63, 3.8) is 0 Å². The monoisotopic (exact) mass is 665 g/mol. The zero-order valence-corrected chi connectivity index (χ0v) is 26.8. The number of fused-ring (bicyclic) bond motifs is 1. The minimum atomic E-state index is -3.98. The Morgan fingerprint density at radius 2 is 1.36 bits per heavy atom. The van der Waals surface area contributed by atoms with Crippen LogP contribution in [0.15, 0.2) is 12.7 Å². The summed E-state index contributed by atoms with van der Waals surface area (Å²) in [6.07, 6.45) is -2.64. The summed E-state index contributed by atoms with van der Waals surface area (Å²) in [6.45, 7) is 10.8. The number of imidazole rings is 1. The van der Waals surface area contributed by atoms with Crippen molar-refractivity contribution in [2.24, 2.45) is 10.8 Å². The van der Waals surface area contributed by atoms with Gasteiger partial charge in [-0.2, -0.15) is 0 Å². The lowest BCUT2D eigenvalue weighted by atomic mass is 9.98. The third-order valence-corrected chi connectivity index (χ3v) is 6.77. The number of carbonyl (C=O) groups excluding carboxylic acids is 2. The number of anilines is 1. The first-order valence-corrected chi connectivity index (χ1v) is 14.9. The summed E-state index contributed by atoms with van der Waals surface area (Å²) in [7, 11) is -3.98. The number of aliphatic hydroxyl groups is 2. The maximum Gasteiger partial charge on any atom is 0.361 e. The lowest BCUT2D eigenvalue weighted by Crippen LogP contribution is -2.39. The van der Waals surface area contributed by atoms with E-state index in [0.29, 0.717) is 17.7 Å². The molecule has 2 rings (SSSR count). The molecule has 0 unspecified atom stereocenters. The molecular formula is C25H40N5O14P. The molecule has 45 heavy (non-hydrogen) atoms. The molecule has 20 heteroatoms. The number of nitrogens with zero attached hydrogens (tertiary/aromatic N) is 4. The van der Waals surface area contributed by atoms with Crippen LogP contribution in [0.25, 0.3) is 11.2 Å². The van der Waals surface area contributed by atoms with Gasteiger partial charge in [-0.05, 0) is 48.5 Å². The Hall–Kier alpha value is -3.74. The van der Waals surface area contributed by atoms with Crippen molar-refractivity contribution >= 4 is 48.5 Å². The van der Waals surface area contributed by atoms with Crippen molar-refractivity contribution in [3.8, 4) is 0 Å². The van der Waals surface area contributed by atoms with Crippen molar-refractivity contribution in [2.45, 2.75) is 73.3 Å². The fourth-order valence-electron chi connectivity index (χ4n) is 2.72. The summed E-state index contributed by atoms with van der Waals surface area (Å²) in [5, 5.41) is 32.5. The van der Waals surface area contributed by atoms with Gasteiger partial charge in [-0.1, -0.05) is 0 Å². The second-order valence-corrected chi connectivity index (χ2v) is 13.5. The molecule has 3 atom stereocenters. The highest BCUT2D eigenvalue weighted by Gasteiger charge is 2.31. The Kier molecular flexibility index (Phi) is 14.4. The first-order valence-electron chi connectivity index (χ1n) is 13.2. The van der Waals surface area contributed by atoms with Crippen LogP contribution in [0, 0.1) is 10.8 Å². The summed E-state index contributed by atoms with van der Waals surface area (Å²) < 4.78 is 41.2. The van der Waals surface area contributed by atoms with Gasteiger partial charge < -0.3 is 44.9 Å². The number of nitrogens with two attached hydrogens (primary N) is 1. The molecule has 2 aromatic heterocycles. The SMILES string of the molecule is C[C@H](Cn1cnc2c(N)ncnc21)OCP(=O)(OCOC(=O)C(C)(C)C)OCOC(=O)C(C)(C)C.O=C(O)[C@H](O)[C@@H](O)C(=O)O. The van der Waals surface area contributed by atoms with Crippen LogP contribution >= 0.6 is 7.60 Å². The van der Waals surface area contributed by atoms with Gasteiger partial charge in [0.2, 0.25) is 13.6 Å². The molecule has 19 nitrogen and oxygen atoms in total. The Bertz CT molecular complexity index is 1320. The van der Waals surface area contributed by atoms with Crippen molar-refractivity contribution in [2.75, 3.05) is 25.7 Å². The standard InChI is InChI=1S/C21H34N5O8P.C4H6O6/c1-14(8-26-10-25-15-16(22)23-9-24-17(15)26)32-13-35(29,33-11-30-18(27)20(2,3)4)34-12-31-19(28)21(5,6)7;5-1(3(7)8)2(6)4(9)10/h9-10,14H,8,11-13H2,1-7H3,(H2,22,23,24);1-2,5-6H,(H,7,8)(H,9,10)/t14-;1-,2-/m11/s1. The number of carboxylic acids is 2. The van der Waals surface area contributed by atoms with Crippen molar-refractivity contribution < 1.29 is 67.4 Å². The predicted octanol–water partition coefficient (Wildman–Crippen LogP) is 0.968. The lowest BCUT2D eigenvalue weighted by Gasteiger charge is -2.23. The number of hydrogen-bond donors (Lipinski definition) is 5. The van der Waals surface area contributed by atoms with Crippen LogP contribution in [0.3, 0.4) is 0 Å². The van der Waals surface area contributed by atoms with Gasteiger partial charge in [0, 0.05) is 0 Å². The minimum Gasteiger partial charge on any atom is -0.479 e. The van der Waals surface area contributed by atoms with Crippen molar-refractivity contribution in [1.29, 1.82) is 0 Å². The molecule has 0 aliphatic heterocycles. The Morgan fingerprint density at radius 1 is 0.889 bits per heavy atom. The summed E-state index contributed by atoms with van der Waals surface area (Å²) in [5.74, 6) is -4.38. The van der Waals surface area contributed by atoms with E-state index in [4.69, 9.17) is 49.4 Å². The molecule has 6 N–H and O–H groups in total. The normalized spacial score (nSPS) is 14.1. The van der Waals surface area contributed by atoms with E-state index in [1.165, 1.54) is 6.33 Å². The largest absolute Gasteiger partial charge is 0.479 e. The second kappa shape index (κ2) is 16.5. The van der Waals surface area contributed by atoms with Gasteiger partial charge in [0.15, 0.2) is 23.7 Å². The average Bonchev–Trinajstić information content (AvgIpc) is 3.34. The Balaban J connectivity index is 0.000000868. The average molecular weight is 666 g/mol. The van der Waals surface area contributed by atoms with E-state index in [-0.39, 0.29) is 5.82 Å². The fourth-order valence-corrected chi connectivity index (χ4v) is 3.80. The van der Waals surface area contributed by atoms with E-state index in [1.807, 2.05) is 0 Å². The van der Waals surface area contributed by atoms with Gasteiger partial charge in [0.25, 0.3) is 0 Å². The molecule has 0 aliphatic carbocycles. The molecule has 0 amide bonds. The molecule has 0 bridgehead atoms. The van der Waals surface area contributed by atoms with Gasteiger partial charge in [-0.15, -0.1) is 0 Å². The maximum absolute atomic E-state index is 13.2. The van der Waals surface area contributed by atoms with Gasteiger partial charge in [0.1, 0.15) is 18.2 Å². The number of aromatic nitrogens is 4. The van der Waals surface area contributed by atoms with Crippen molar-refractivity contribution in [3.05, 3.63) is 12.7 Å². The maximum atomic E-state index is 13.2. The topological polar surface area (TPSA) is 282 Å². The quantitative estimate of drug-likeness (QED) is 0.107. The molecule has 0 saturated heterocycles. The molecule has 0 radical (unpaired) electrons. The number of esters is 2. The molecule has 0 spiro atoms. The first-order chi connectivity index (χ1) is 20.6. The summed E-state index contributed by atoms with van der Waals surface area (Å²) >= 11 is 0. The van der Waals surface area contributed by atoms with E-state index in [9.17, 15) is 23.7 Å². The van der Waals surface area contributed by atoms with Crippen LogP contribution in [0.5, 0.6) is 0 Å². The number of ether oxygens (including phenoxy) is 3. The van der Waals surface area contributed by atoms with Crippen molar-refractivity contribution in [1.82, 2.24) is 19.5 Å². The zero-order chi connectivity index (χ0) is 34.8. The molecule has 254 valence electrons.